The quantitative estimate of drug-likeness (QED) is 0.651. The summed E-state index contributed by atoms with van der Waals surface area (Å²) in [5, 5.41) is 4.24. The molecule has 0 unspecified atom stereocenters. The minimum absolute atomic E-state index is 0.775. The number of hydrogen-bond donors (Lipinski definition) is 1. The predicted octanol–water partition coefficient (Wildman–Crippen LogP) is 5.05. The van der Waals surface area contributed by atoms with Crippen molar-refractivity contribution in [3.05, 3.63) is 71.2 Å². The van der Waals surface area contributed by atoms with Crippen molar-refractivity contribution in [2.24, 2.45) is 0 Å². The Bertz CT molecular complexity index is 892. The normalized spacial score (nSPS) is 13.7. The third-order valence-electron chi connectivity index (χ3n) is 4.78. The molecule has 1 saturated heterocycles. The topological polar surface area (TPSA) is 41.1 Å². The minimum Gasteiger partial charge on any atom is -0.370 e. The molecule has 1 aromatic heterocycles. The lowest BCUT2D eigenvalue weighted by Gasteiger charge is -2.18. The highest BCUT2D eigenvalue weighted by Gasteiger charge is 2.17. The van der Waals surface area contributed by atoms with E-state index >= 15 is 0 Å². The van der Waals surface area contributed by atoms with E-state index in [1.165, 1.54) is 18.4 Å². The van der Waals surface area contributed by atoms with Crippen molar-refractivity contribution in [3.8, 4) is 11.3 Å². The first kappa shape index (κ1) is 17.8. The Balaban J connectivity index is 1.54. The average molecular weight is 379 g/mol. The highest BCUT2D eigenvalue weighted by Crippen LogP contribution is 2.24. The second-order valence-electron chi connectivity index (χ2n) is 6.81. The van der Waals surface area contributed by atoms with E-state index in [0.29, 0.717) is 0 Å². The molecule has 27 heavy (non-hydrogen) atoms. The van der Waals surface area contributed by atoms with Gasteiger partial charge in [-0.05, 0) is 37.0 Å². The molecule has 1 aliphatic heterocycles. The Kier molecular flexibility index (Phi) is 5.54. The third-order valence-corrected chi connectivity index (χ3v) is 5.02. The molecular weight excluding hydrogens is 356 g/mol. The van der Waals surface area contributed by atoms with Crippen LogP contribution in [0.5, 0.6) is 0 Å². The molecule has 0 radical (unpaired) electrons. The molecule has 5 heteroatoms. The zero-order valence-electron chi connectivity index (χ0n) is 15.2. The molecule has 3 aromatic rings. The maximum absolute atomic E-state index is 6.08. The first-order valence-electron chi connectivity index (χ1n) is 9.46. The van der Waals surface area contributed by atoms with E-state index in [1.54, 1.807) is 0 Å². The largest absolute Gasteiger partial charge is 0.370 e. The highest BCUT2D eigenvalue weighted by atomic mass is 35.5. The number of hydrogen-bond acceptors (Lipinski definition) is 4. The molecule has 2 aromatic carbocycles. The molecular formula is C22H23ClN4. The van der Waals surface area contributed by atoms with E-state index in [4.69, 9.17) is 21.6 Å². The monoisotopic (exact) mass is 378 g/mol. The Morgan fingerprint density at radius 3 is 2.52 bits per heavy atom. The van der Waals surface area contributed by atoms with Gasteiger partial charge in [-0.3, -0.25) is 0 Å². The van der Waals surface area contributed by atoms with Crippen molar-refractivity contribution in [3.63, 3.8) is 0 Å². The van der Waals surface area contributed by atoms with E-state index in [2.05, 4.69) is 28.4 Å². The molecule has 0 aliphatic carbocycles. The van der Waals surface area contributed by atoms with Crippen molar-refractivity contribution in [2.75, 3.05) is 29.9 Å². The van der Waals surface area contributed by atoms with E-state index in [0.717, 1.165) is 54.1 Å². The Morgan fingerprint density at radius 2 is 1.74 bits per heavy atom. The van der Waals surface area contributed by atoms with Crippen molar-refractivity contribution in [1.29, 1.82) is 0 Å². The van der Waals surface area contributed by atoms with Crippen molar-refractivity contribution >= 4 is 23.4 Å². The SMILES string of the molecule is Clc1cccc(CCNc2cc(-c3ccccc3)nc(N3CCCC3)n2)c1. The molecule has 0 bridgehead atoms. The number of nitrogens with zero attached hydrogens (tertiary/aromatic N) is 3. The number of benzene rings is 2. The summed E-state index contributed by atoms with van der Waals surface area (Å²) in [6.07, 6.45) is 3.30. The number of anilines is 2. The van der Waals surface area contributed by atoms with Gasteiger partial charge in [0, 0.05) is 36.3 Å². The van der Waals surface area contributed by atoms with Gasteiger partial charge in [-0.2, -0.15) is 4.98 Å². The van der Waals surface area contributed by atoms with E-state index in [9.17, 15) is 0 Å². The molecule has 0 saturated carbocycles. The zero-order valence-corrected chi connectivity index (χ0v) is 16.0. The standard InChI is InChI=1S/C22H23ClN4/c23-19-10-6-7-17(15-19)11-12-24-21-16-20(18-8-2-1-3-9-18)25-22(26-21)27-13-4-5-14-27/h1-3,6-10,15-16H,4-5,11-14H2,(H,24,25,26). The number of rotatable bonds is 6. The molecule has 138 valence electrons. The number of nitrogens with one attached hydrogen (secondary N) is 1. The molecule has 4 rings (SSSR count). The fourth-order valence-corrected chi connectivity index (χ4v) is 3.58. The van der Waals surface area contributed by atoms with Gasteiger partial charge in [-0.1, -0.05) is 54.1 Å². The summed E-state index contributed by atoms with van der Waals surface area (Å²) in [4.78, 5) is 11.9. The van der Waals surface area contributed by atoms with Crippen LogP contribution >= 0.6 is 11.6 Å². The minimum atomic E-state index is 0.775. The zero-order chi connectivity index (χ0) is 18.5. The van der Waals surface area contributed by atoms with Crippen LogP contribution in [0.3, 0.4) is 0 Å². The van der Waals surface area contributed by atoms with Crippen LogP contribution in [0.2, 0.25) is 5.02 Å². The van der Waals surface area contributed by atoms with Gasteiger partial charge in [0.15, 0.2) is 0 Å². The van der Waals surface area contributed by atoms with Crippen LogP contribution in [-0.4, -0.2) is 29.6 Å². The summed E-state index contributed by atoms with van der Waals surface area (Å²) in [5.74, 6) is 1.69. The Morgan fingerprint density at radius 1 is 0.926 bits per heavy atom. The highest BCUT2D eigenvalue weighted by molar-refractivity contribution is 6.30. The second-order valence-corrected chi connectivity index (χ2v) is 7.24. The summed E-state index contributed by atoms with van der Waals surface area (Å²) < 4.78 is 0. The van der Waals surface area contributed by atoms with Crippen LogP contribution in [-0.2, 0) is 6.42 Å². The van der Waals surface area contributed by atoms with E-state index in [1.807, 2.05) is 42.5 Å². The first-order chi connectivity index (χ1) is 13.3. The van der Waals surface area contributed by atoms with E-state index < -0.39 is 0 Å². The van der Waals surface area contributed by atoms with Gasteiger partial charge >= 0.3 is 0 Å². The fourth-order valence-electron chi connectivity index (χ4n) is 3.37. The molecule has 2 heterocycles. The molecule has 1 N–H and O–H groups in total. The third kappa shape index (κ3) is 4.58. The molecule has 4 nitrogen and oxygen atoms in total. The summed E-state index contributed by atoms with van der Waals surface area (Å²) in [5.41, 5.74) is 3.28. The maximum Gasteiger partial charge on any atom is 0.227 e. The maximum atomic E-state index is 6.08. The molecule has 1 aliphatic rings. The second kappa shape index (κ2) is 8.40. The summed E-state index contributed by atoms with van der Waals surface area (Å²) >= 11 is 6.08. The van der Waals surface area contributed by atoms with Gasteiger partial charge in [-0.15, -0.1) is 0 Å². The van der Waals surface area contributed by atoms with E-state index in [-0.39, 0.29) is 0 Å². The van der Waals surface area contributed by atoms with Gasteiger partial charge in [0.25, 0.3) is 0 Å². The van der Waals surface area contributed by atoms with Crippen LogP contribution in [0.25, 0.3) is 11.3 Å². The smallest absolute Gasteiger partial charge is 0.227 e. The number of aromatic nitrogens is 2. The van der Waals surface area contributed by atoms with Crippen molar-refractivity contribution < 1.29 is 0 Å². The lowest BCUT2D eigenvalue weighted by atomic mass is 10.1. The summed E-state index contributed by atoms with van der Waals surface area (Å²) in [6.45, 7) is 2.85. The first-order valence-corrected chi connectivity index (χ1v) is 9.83. The molecule has 1 fully saturated rings. The van der Waals surface area contributed by atoms with Crippen LogP contribution in [0.1, 0.15) is 18.4 Å². The van der Waals surface area contributed by atoms with Crippen LogP contribution in [0.15, 0.2) is 60.7 Å². The van der Waals surface area contributed by atoms with Gasteiger partial charge < -0.3 is 10.2 Å². The number of halogens is 1. The summed E-state index contributed by atoms with van der Waals surface area (Å²) in [6, 6.07) is 20.3. The van der Waals surface area contributed by atoms with Crippen LogP contribution in [0.4, 0.5) is 11.8 Å². The average Bonchev–Trinajstić information content (AvgIpc) is 3.24. The Hall–Kier alpha value is -2.59. The summed E-state index contributed by atoms with van der Waals surface area (Å²) in [7, 11) is 0. The Labute approximate surface area is 165 Å². The molecule has 0 amide bonds. The molecule has 0 spiro atoms. The predicted molar refractivity (Wildman–Crippen MR) is 113 cm³/mol. The van der Waals surface area contributed by atoms with Gasteiger partial charge in [0.2, 0.25) is 5.95 Å². The van der Waals surface area contributed by atoms with Crippen molar-refractivity contribution in [1.82, 2.24) is 9.97 Å². The van der Waals surface area contributed by atoms with Gasteiger partial charge in [0.1, 0.15) is 5.82 Å². The molecule has 0 atom stereocenters. The van der Waals surface area contributed by atoms with Gasteiger partial charge in [-0.25, -0.2) is 4.98 Å². The van der Waals surface area contributed by atoms with Crippen LogP contribution < -0.4 is 10.2 Å². The lowest BCUT2D eigenvalue weighted by Crippen LogP contribution is -2.21. The lowest BCUT2D eigenvalue weighted by molar-refractivity contribution is 0.896. The van der Waals surface area contributed by atoms with Gasteiger partial charge in [0.05, 0.1) is 5.69 Å². The van der Waals surface area contributed by atoms with Crippen LogP contribution in [0, 0.1) is 0 Å². The fraction of sp³-hybridized carbons (Fsp3) is 0.273. The van der Waals surface area contributed by atoms with Crippen molar-refractivity contribution in [2.45, 2.75) is 19.3 Å².